The Balaban J connectivity index is 2.42. The molecule has 0 saturated carbocycles. The van der Waals surface area contributed by atoms with E-state index in [9.17, 15) is 9.59 Å². The van der Waals surface area contributed by atoms with Gasteiger partial charge in [-0.2, -0.15) is 0 Å². The number of carbonyl (C=O) groups is 2. The third-order valence-electron chi connectivity index (χ3n) is 2.24. The van der Waals surface area contributed by atoms with E-state index >= 15 is 0 Å². The first-order chi connectivity index (χ1) is 10.3. The van der Waals surface area contributed by atoms with E-state index in [1.54, 1.807) is 25.1 Å². The summed E-state index contributed by atoms with van der Waals surface area (Å²) in [6.07, 6.45) is -1.10. The Labute approximate surface area is 128 Å². The Morgan fingerprint density at radius 2 is 1.77 bits per heavy atom. The van der Waals surface area contributed by atoms with Gasteiger partial charge in [0.25, 0.3) is 0 Å². The standard InChI is InChI=1S/C15H20O7/c1-5-18-12-9-7-6-8-11(12)13(16)20-22-21-14(17)19-10-15(2,3)4/h6-9H,5,10H2,1-4H3. The van der Waals surface area contributed by atoms with Gasteiger partial charge in [-0.05, 0) is 24.5 Å². The van der Waals surface area contributed by atoms with Crippen LogP contribution in [-0.4, -0.2) is 25.3 Å². The van der Waals surface area contributed by atoms with Gasteiger partial charge in [0, 0.05) is 0 Å². The highest BCUT2D eigenvalue weighted by Crippen LogP contribution is 2.19. The summed E-state index contributed by atoms with van der Waals surface area (Å²) in [6.45, 7) is 7.95. The lowest BCUT2D eigenvalue weighted by Crippen LogP contribution is -2.19. The van der Waals surface area contributed by atoms with Gasteiger partial charge in [0.15, 0.2) is 0 Å². The molecule has 0 spiro atoms. The molecule has 0 N–H and O–H groups in total. The first-order valence-corrected chi connectivity index (χ1v) is 6.77. The van der Waals surface area contributed by atoms with Crippen LogP contribution in [0.3, 0.4) is 0 Å². The van der Waals surface area contributed by atoms with E-state index in [0.29, 0.717) is 12.4 Å². The summed E-state index contributed by atoms with van der Waals surface area (Å²) in [5, 5.41) is 4.13. The van der Waals surface area contributed by atoms with Gasteiger partial charge in [-0.3, -0.25) is 4.89 Å². The summed E-state index contributed by atoms with van der Waals surface area (Å²) in [4.78, 5) is 31.5. The number of para-hydroxylation sites is 1. The molecule has 0 aliphatic heterocycles. The Morgan fingerprint density at radius 3 is 2.41 bits per heavy atom. The number of hydrogen-bond acceptors (Lipinski definition) is 7. The Hall–Kier alpha value is -2.28. The molecule has 7 heteroatoms. The predicted molar refractivity (Wildman–Crippen MR) is 76.0 cm³/mol. The van der Waals surface area contributed by atoms with Crippen LogP contribution in [0.25, 0.3) is 0 Å². The Bertz CT molecular complexity index is 505. The average molecular weight is 312 g/mol. The Morgan fingerprint density at radius 1 is 1.09 bits per heavy atom. The number of hydrogen-bond donors (Lipinski definition) is 0. The molecule has 0 amide bonds. The summed E-state index contributed by atoms with van der Waals surface area (Å²) in [6, 6.07) is 6.45. The largest absolute Gasteiger partial charge is 0.543 e. The van der Waals surface area contributed by atoms with Gasteiger partial charge in [0.05, 0.1) is 18.3 Å². The van der Waals surface area contributed by atoms with E-state index in [0.717, 1.165) is 0 Å². The van der Waals surface area contributed by atoms with Crippen molar-refractivity contribution in [1.29, 1.82) is 0 Å². The van der Waals surface area contributed by atoms with E-state index in [-0.39, 0.29) is 17.6 Å². The fraction of sp³-hybridized carbons (Fsp3) is 0.467. The minimum atomic E-state index is -1.10. The molecular formula is C15H20O7. The lowest BCUT2D eigenvalue weighted by atomic mass is 9.99. The molecule has 1 aromatic rings. The van der Waals surface area contributed by atoms with Crippen molar-refractivity contribution in [1.82, 2.24) is 0 Å². The molecule has 0 atom stereocenters. The molecular weight excluding hydrogens is 292 g/mol. The molecule has 0 unspecified atom stereocenters. The third kappa shape index (κ3) is 6.45. The van der Waals surface area contributed by atoms with Crippen molar-refractivity contribution >= 4 is 12.1 Å². The molecule has 0 bridgehead atoms. The molecule has 0 heterocycles. The van der Waals surface area contributed by atoms with Crippen LogP contribution in [0.15, 0.2) is 24.3 Å². The second kappa shape index (κ2) is 8.23. The number of ether oxygens (including phenoxy) is 2. The maximum Gasteiger partial charge on any atom is 0.543 e. The third-order valence-corrected chi connectivity index (χ3v) is 2.24. The second-order valence-corrected chi connectivity index (χ2v) is 5.55. The molecule has 122 valence electrons. The molecule has 0 saturated heterocycles. The maximum absolute atomic E-state index is 11.8. The van der Waals surface area contributed by atoms with Crippen LogP contribution >= 0.6 is 0 Å². The molecule has 0 aliphatic rings. The SMILES string of the molecule is CCOc1ccccc1C(=O)OOOC(=O)OCC(C)(C)C. The zero-order chi connectivity index (χ0) is 16.6. The first-order valence-electron chi connectivity index (χ1n) is 6.77. The van der Waals surface area contributed by atoms with E-state index in [2.05, 4.69) is 14.8 Å². The van der Waals surface area contributed by atoms with E-state index in [1.807, 2.05) is 20.8 Å². The van der Waals surface area contributed by atoms with E-state index in [4.69, 9.17) is 9.47 Å². The van der Waals surface area contributed by atoms with Crippen molar-refractivity contribution in [2.75, 3.05) is 13.2 Å². The molecule has 7 nitrogen and oxygen atoms in total. The zero-order valence-corrected chi connectivity index (χ0v) is 13.1. The van der Waals surface area contributed by atoms with Crippen LogP contribution in [0.2, 0.25) is 0 Å². The van der Waals surface area contributed by atoms with Gasteiger partial charge in [0.1, 0.15) is 11.3 Å². The van der Waals surface area contributed by atoms with Crippen LogP contribution in [0.5, 0.6) is 5.75 Å². The summed E-state index contributed by atoms with van der Waals surface area (Å²) >= 11 is 0. The summed E-state index contributed by atoms with van der Waals surface area (Å²) in [5.41, 5.74) is -0.0671. The average Bonchev–Trinajstić information content (AvgIpc) is 2.45. The van der Waals surface area contributed by atoms with Crippen molar-refractivity contribution in [3.63, 3.8) is 0 Å². The van der Waals surface area contributed by atoms with Gasteiger partial charge in [-0.1, -0.05) is 32.9 Å². The highest BCUT2D eigenvalue weighted by atomic mass is 17.5. The van der Waals surface area contributed by atoms with Gasteiger partial charge >= 0.3 is 12.1 Å². The number of carbonyl (C=O) groups excluding carboxylic acids is 2. The lowest BCUT2D eigenvalue weighted by molar-refractivity contribution is -0.452. The van der Waals surface area contributed by atoms with Gasteiger partial charge in [0.2, 0.25) is 0 Å². The predicted octanol–water partition coefficient (Wildman–Crippen LogP) is 3.29. The monoisotopic (exact) mass is 312 g/mol. The second-order valence-electron chi connectivity index (χ2n) is 5.55. The first kappa shape index (κ1) is 17.8. The van der Waals surface area contributed by atoms with Crippen LogP contribution in [-0.2, 0) is 19.6 Å². The van der Waals surface area contributed by atoms with Crippen LogP contribution in [0.1, 0.15) is 38.1 Å². The zero-order valence-electron chi connectivity index (χ0n) is 13.1. The van der Waals surface area contributed by atoms with Crippen LogP contribution in [0.4, 0.5) is 4.79 Å². The smallest absolute Gasteiger partial charge is 0.493 e. The van der Waals surface area contributed by atoms with Crippen molar-refractivity contribution in [2.45, 2.75) is 27.7 Å². The van der Waals surface area contributed by atoms with Crippen molar-refractivity contribution in [2.24, 2.45) is 5.41 Å². The summed E-state index contributed by atoms with van der Waals surface area (Å²) in [7, 11) is 0. The number of benzene rings is 1. The quantitative estimate of drug-likeness (QED) is 0.453. The maximum atomic E-state index is 11.8. The van der Waals surface area contributed by atoms with Gasteiger partial charge < -0.3 is 9.47 Å². The fourth-order valence-electron chi connectivity index (χ4n) is 1.34. The van der Waals surface area contributed by atoms with E-state index < -0.39 is 12.1 Å². The van der Waals surface area contributed by atoms with Crippen molar-refractivity contribution < 1.29 is 33.9 Å². The topological polar surface area (TPSA) is 80.3 Å². The summed E-state index contributed by atoms with van der Waals surface area (Å²) < 4.78 is 10.0. The fourth-order valence-corrected chi connectivity index (χ4v) is 1.34. The van der Waals surface area contributed by atoms with E-state index in [1.165, 1.54) is 6.07 Å². The molecule has 1 aromatic carbocycles. The highest BCUT2D eigenvalue weighted by Gasteiger charge is 2.18. The lowest BCUT2D eigenvalue weighted by Gasteiger charge is -2.16. The normalized spacial score (nSPS) is 10.7. The van der Waals surface area contributed by atoms with Crippen molar-refractivity contribution in [3.8, 4) is 5.75 Å². The van der Waals surface area contributed by atoms with Crippen LogP contribution in [0, 0.1) is 5.41 Å². The molecule has 0 aliphatic carbocycles. The molecule has 0 aromatic heterocycles. The Kier molecular flexibility index (Phi) is 6.65. The molecule has 22 heavy (non-hydrogen) atoms. The number of rotatable bonds is 6. The van der Waals surface area contributed by atoms with Gasteiger partial charge in [-0.15, -0.1) is 0 Å². The summed E-state index contributed by atoms with van der Waals surface area (Å²) in [5.74, 6) is -0.512. The van der Waals surface area contributed by atoms with Crippen LogP contribution < -0.4 is 4.74 Å². The minimum absolute atomic E-state index is 0.135. The molecule has 0 radical (unpaired) electrons. The highest BCUT2D eigenvalue weighted by molar-refractivity contribution is 5.92. The van der Waals surface area contributed by atoms with Crippen molar-refractivity contribution in [3.05, 3.63) is 29.8 Å². The molecule has 1 rings (SSSR count). The molecule has 0 fully saturated rings. The minimum Gasteiger partial charge on any atom is -0.493 e. The van der Waals surface area contributed by atoms with Gasteiger partial charge in [-0.25, -0.2) is 14.5 Å².